The highest BCUT2D eigenvalue weighted by molar-refractivity contribution is 9.10. The normalized spacial score (nSPS) is 21.7. The monoisotopic (exact) mass is 228 g/mol. The standard InChI is InChI=1S/C3H2BrClF4/c4-3(9,1(5)6)2(7)8/h1-2H. The second-order valence-corrected chi connectivity index (χ2v) is 2.87. The second-order valence-electron chi connectivity index (χ2n) is 1.28. The Balaban J connectivity index is 4.01. The van der Waals surface area contributed by atoms with Crippen LogP contribution < -0.4 is 0 Å². The fourth-order valence-corrected chi connectivity index (χ4v) is 0.190. The van der Waals surface area contributed by atoms with Gasteiger partial charge in [0.1, 0.15) is 0 Å². The van der Waals surface area contributed by atoms with Crippen LogP contribution in [0.25, 0.3) is 0 Å². The van der Waals surface area contributed by atoms with E-state index in [0.717, 1.165) is 0 Å². The molecule has 0 aromatic carbocycles. The van der Waals surface area contributed by atoms with Gasteiger partial charge in [0.05, 0.1) is 0 Å². The smallest absolute Gasteiger partial charge is 0.225 e. The number of rotatable bonds is 2. The average Bonchev–Trinajstić information content (AvgIpc) is 1.65. The van der Waals surface area contributed by atoms with E-state index in [-0.39, 0.29) is 0 Å². The topological polar surface area (TPSA) is 0 Å². The van der Waals surface area contributed by atoms with Crippen molar-refractivity contribution in [3.05, 3.63) is 0 Å². The predicted molar refractivity (Wildman–Crippen MR) is 29.5 cm³/mol. The van der Waals surface area contributed by atoms with Gasteiger partial charge in [-0.1, -0.05) is 11.6 Å². The molecule has 56 valence electrons. The third-order valence-corrected chi connectivity index (χ3v) is 1.91. The summed E-state index contributed by atoms with van der Waals surface area (Å²) >= 11 is 6.18. The van der Waals surface area contributed by atoms with E-state index in [0.29, 0.717) is 0 Å². The Morgan fingerprint density at radius 2 is 1.67 bits per heavy atom. The van der Waals surface area contributed by atoms with Crippen molar-refractivity contribution in [3.8, 4) is 0 Å². The maximum absolute atomic E-state index is 12.0. The zero-order valence-corrected chi connectivity index (χ0v) is 6.26. The molecule has 0 aromatic heterocycles. The quantitative estimate of drug-likeness (QED) is 0.504. The molecule has 6 heteroatoms. The molecule has 0 aliphatic rings. The Hall–Kier alpha value is 0.490. The van der Waals surface area contributed by atoms with Gasteiger partial charge in [-0.25, -0.2) is 17.6 Å². The first kappa shape index (κ1) is 9.49. The maximum atomic E-state index is 12.0. The van der Waals surface area contributed by atoms with E-state index in [9.17, 15) is 17.6 Å². The van der Waals surface area contributed by atoms with Gasteiger partial charge in [-0.15, -0.1) is 0 Å². The minimum Gasteiger partial charge on any atom is -0.225 e. The highest BCUT2D eigenvalue weighted by atomic mass is 79.9. The Morgan fingerprint density at radius 3 is 1.67 bits per heavy atom. The van der Waals surface area contributed by atoms with Crippen LogP contribution in [0.4, 0.5) is 17.6 Å². The van der Waals surface area contributed by atoms with E-state index < -0.39 is 16.6 Å². The van der Waals surface area contributed by atoms with E-state index in [2.05, 4.69) is 11.6 Å². The lowest BCUT2D eigenvalue weighted by Crippen LogP contribution is -2.32. The molecule has 0 aliphatic carbocycles. The van der Waals surface area contributed by atoms with Crippen LogP contribution in [0.5, 0.6) is 0 Å². The van der Waals surface area contributed by atoms with Gasteiger partial charge in [0, 0.05) is 0 Å². The Morgan fingerprint density at radius 1 is 1.33 bits per heavy atom. The molecule has 0 fully saturated rings. The third-order valence-electron chi connectivity index (χ3n) is 0.582. The number of alkyl halides is 6. The fraction of sp³-hybridized carbons (Fsp3) is 1.00. The molecule has 0 rings (SSSR count). The van der Waals surface area contributed by atoms with Crippen molar-refractivity contribution in [2.45, 2.75) is 16.6 Å². The molecule has 0 saturated carbocycles. The first-order valence-corrected chi connectivity index (χ1v) is 3.06. The van der Waals surface area contributed by atoms with Gasteiger partial charge in [-0.3, -0.25) is 0 Å². The average molecular weight is 229 g/mol. The second kappa shape index (κ2) is 3.05. The molecular weight excluding hydrogens is 227 g/mol. The highest BCUT2D eigenvalue weighted by Crippen LogP contribution is 2.35. The predicted octanol–water partition coefficient (Wildman–Crippen LogP) is 2.85. The first-order chi connectivity index (χ1) is 3.89. The number of hydrogen-bond acceptors (Lipinski definition) is 0. The van der Waals surface area contributed by atoms with Crippen LogP contribution in [0.15, 0.2) is 0 Å². The summed E-state index contributed by atoms with van der Waals surface area (Å²) in [5.74, 6) is 0. The van der Waals surface area contributed by atoms with E-state index in [4.69, 9.17) is 0 Å². The summed E-state index contributed by atoms with van der Waals surface area (Å²) < 4.78 is 42.8. The van der Waals surface area contributed by atoms with Crippen LogP contribution in [0.2, 0.25) is 0 Å². The van der Waals surface area contributed by atoms with Crippen molar-refractivity contribution in [1.82, 2.24) is 0 Å². The van der Waals surface area contributed by atoms with Crippen LogP contribution in [0.3, 0.4) is 0 Å². The molecule has 0 spiro atoms. The van der Waals surface area contributed by atoms with Crippen molar-refractivity contribution < 1.29 is 17.6 Å². The minimum atomic E-state index is -3.47. The zero-order valence-electron chi connectivity index (χ0n) is 3.92. The summed E-state index contributed by atoms with van der Waals surface area (Å²) in [6.07, 6.45) is -3.47. The first-order valence-electron chi connectivity index (χ1n) is 1.83. The van der Waals surface area contributed by atoms with E-state index in [1.807, 2.05) is 0 Å². The SMILES string of the molecule is FC(F)C(F)(Br)C(F)Cl. The zero-order chi connectivity index (χ0) is 7.65. The van der Waals surface area contributed by atoms with Crippen molar-refractivity contribution >= 4 is 27.5 Å². The summed E-state index contributed by atoms with van der Waals surface area (Å²) in [4.78, 5) is 0. The van der Waals surface area contributed by atoms with Crippen LogP contribution in [0, 0.1) is 0 Å². The Labute approximate surface area is 62.3 Å². The van der Waals surface area contributed by atoms with Gasteiger partial charge in [-0.2, -0.15) is 0 Å². The summed E-state index contributed by atoms with van der Waals surface area (Å²) in [6.45, 7) is 0. The molecule has 0 radical (unpaired) electrons. The Bertz CT molecular complexity index is 83.8. The van der Waals surface area contributed by atoms with E-state index >= 15 is 0 Å². The van der Waals surface area contributed by atoms with Gasteiger partial charge in [0.2, 0.25) is 5.63 Å². The molecule has 0 bridgehead atoms. The molecule has 2 atom stereocenters. The molecule has 0 heterocycles. The van der Waals surface area contributed by atoms with Crippen LogP contribution in [0.1, 0.15) is 0 Å². The lowest BCUT2D eigenvalue weighted by Gasteiger charge is -2.15. The van der Waals surface area contributed by atoms with E-state index in [1.165, 1.54) is 0 Å². The highest BCUT2D eigenvalue weighted by Gasteiger charge is 2.45. The third kappa shape index (κ3) is 2.29. The largest absolute Gasteiger partial charge is 0.286 e. The molecule has 0 saturated heterocycles. The number of halogens is 6. The van der Waals surface area contributed by atoms with Crippen LogP contribution in [-0.4, -0.2) is 16.6 Å². The van der Waals surface area contributed by atoms with Gasteiger partial charge in [0.15, 0.2) is 0 Å². The Kier molecular flexibility index (Phi) is 3.22. The molecule has 0 aliphatic heterocycles. The van der Waals surface area contributed by atoms with Crippen LogP contribution >= 0.6 is 27.5 Å². The van der Waals surface area contributed by atoms with Gasteiger partial charge >= 0.3 is 0 Å². The molecule has 0 N–H and O–H groups in total. The van der Waals surface area contributed by atoms with Crippen molar-refractivity contribution in [1.29, 1.82) is 0 Å². The summed E-state index contributed by atoms with van der Waals surface area (Å²) in [5, 5.41) is 0. The maximum Gasteiger partial charge on any atom is 0.286 e. The molecule has 0 nitrogen and oxygen atoms in total. The molecule has 9 heavy (non-hydrogen) atoms. The minimum absolute atomic E-state index is 1.79. The fourth-order valence-electron chi connectivity index (χ4n) is 0.0952. The summed E-state index contributed by atoms with van der Waals surface area (Å²) in [6, 6.07) is 0. The van der Waals surface area contributed by atoms with Crippen LogP contribution in [-0.2, 0) is 0 Å². The van der Waals surface area contributed by atoms with Crippen molar-refractivity contribution in [2.75, 3.05) is 0 Å². The van der Waals surface area contributed by atoms with Gasteiger partial charge in [-0.05, 0) is 15.9 Å². The van der Waals surface area contributed by atoms with Crippen molar-refractivity contribution in [3.63, 3.8) is 0 Å². The van der Waals surface area contributed by atoms with Gasteiger partial charge in [0.25, 0.3) is 11.0 Å². The lowest BCUT2D eigenvalue weighted by molar-refractivity contribution is 0.00690. The number of hydrogen-bond donors (Lipinski definition) is 0. The molecule has 0 aromatic rings. The summed E-state index contributed by atoms with van der Waals surface area (Å²) in [7, 11) is 0. The molecule has 2 unspecified atom stereocenters. The molecular formula is C3H2BrClF4. The van der Waals surface area contributed by atoms with Crippen molar-refractivity contribution in [2.24, 2.45) is 0 Å². The summed E-state index contributed by atoms with van der Waals surface area (Å²) in [5.41, 5.74) is -2.74. The molecule has 0 amide bonds. The lowest BCUT2D eigenvalue weighted by atomic mass is 10.4. The van der Waals surface area contributed by atoms with E-state index in [1.54, 1.807) is 15.9 Å². The van der Waals surface area contributed by atoms with Gasteiger partial charge < -0.3 is 0 Å².